The second kappa shape index (κ2) is 9.40. The van der Waals surface area contributed by atoms with Crippen molar-refractivity contribution in [3.05, 3.63) is 96.1 Å². The normalized spacial score (nSPS) is 11.0. The molecule has 0 saturated carbocycles. The lowest BCUT2D eigenvalue weighted by atomic mass is 9.97. The molecule has 0 aliphatic carbocycles. The Kier molecular flexibility index (Phi) is 6.69. The maximum absolute atomic E-state index is 12.7. The predicted molar refractivity (Wildman–Crippen MR) is 114 cm³/mol. The van der Waals surface area contributed by atoms with E-state index in [2.05, 4.69) is 34.5 Å². The quantitative estimate of drug-likeness (QED) is 0.585. The number of amides is 1. The maximum Gasteiger partial charge on any atom is 0.238 e. The van der Waals surface area contributed by atoms with E-state index in [1.54, 1.807) is 11.8 Å². The van der Waals surface area contributed by atoms with Crippen LogP contribution in [0.4, 0.5) is 5.69 Å². The Balaban J connectivity index is 1.78. The Hall–Kier alpha value is -2.56. The molecular formula is C23H24N2OS. The standard InChI is InChI=1S/C23H24N2OS/c1-25(17-22(26)24-20-15-9-10-16-21(20)27-2)23(18-11-5-3-6-12-18)19-13-7-4-8-14-19/h3-16,23H,17H2,1-2H3,(H,24,26). The summed E-state index contributed by atoms with van der Waals surface area (Å²) in [5.74, 6) is -0.0177. The summed E-state index contributed by atoms with van der Waals surface area (Å²) in [5, 5.41) is 3.05. The number of nitrogens with one attached hydrogen (secondary N) is 1. The van der Waals surface area contributed by atoms with Crippen molar-refractivity contribution in [1.82, 2.24) is 4.90 Å². The van der Waals surface area contributed by atoms with E-state index in [1.165, 1.54) is 11.1 Å². The van der Waals surface area contributed by atoms with Crippen LogP contribution in [0, 0.1) is 0 Å². The van der Waals surface area contributed by atoms with Crippen molar-refractivity contribution in [2.75, 3.05) is 25.2 Å². The average molecular weight is 377 g/mol. The van der Waals surface area contributed by atoms with E-state index < -0.39 is 0 Å². The topological polar surface area (TPSA) is 32.3 Å². The van der Waals surface area contributed by atoms with Crippen LogP contribution in [0.5, 0.6) is 0 Å². The summed E-state index contributed by atoms with van der Waals surface area (Å²) in [6.45, 7) is 0.303. The number of likely N-dealkylation sites (N-methyl/N-ethyl adjacent to an activating group) is 1. The van der Waals surface area contributed by atoms with Crippen LogP contribution in [0.3, 0.4) is 0 Å². The number of anilines is 1. The van der Waals surface area contributed by atoms with E-state index in [1.807, 2.05) is 74.0 Å². The van der Waals surface area contributed by atoms with Gasteiger partial charge in [-0.2, -0.15) is 0 Å². The van der Waals surface area contributed by atoms with Crippen LogP contribution in [-0.4, -0.2) is 30.7 Å². The van der Waals surface area contributed by atoms with Gasteiger partial charge in [0.25, 0.3) is 0 Å². The molecule has 1 N–H and O–H groups in total. The minimum Gasteiger partial charge on any atom is -0.324 e. The SMILES string of the molecule is CSc1ccccc1NC(=O)CN(C)C(c1ccccc1)c1ccccc1. The molecule has 138 valence electrons. The summed E-state index contributed by atoms with van der Waals surface area (Å²) < 4.78 is 0. The van der Waals surface area contributed by atoms with Gasteiger partial charge in [-0.15, -0.1) is 11.8 Å². The molecule has 3 aromatic rings. The Bertz CT molecular complexity index is 828. The van der Waals surface area contributed by atoms with E-state index in [9.17, 15) is 4.79 Å². The number of para-hydroxylation sites is 1. The zero-order chi connectivity index (χ0) is 19.1. The van der Waals surface area contributed by atoms with Gasteiger partial charge >= 0.3 is 0 Å². The second-order valence-electron chi connectivity index (χ2n) is 6.39. The summed E-state index contributed by atoms with van der Waals surface area (Å²) in [7, 11) is 1.99. The Morgan fingerprint density at radius 2 is 1.41 bits per heavy atom. The molecule has 0 fully saturated rings. The van der Waals surface area contributed by atoms with Gasteiger partial charge in [-0.25, -0.2) is 0 Å². The van der Waals surface area contributed by atoms with E-state index in [0.717, 1.165) is 10.6 Å². The first kappa shape index (κ1) is 19.2. The molecule has 3 rings (SSSR count). The van der Waals surface area contributed by atoms with Crippen LogP contribution in [-0.2, 0) is 4.79 Å². The zero-order valence-electron chi connectivity index (χ0n) is 15.6. The minimum absolute atomic E-state index is 0.0177. The van der Waals surface area contributed by atoms with Crippen LogP contribution >= 0.6 is 11.8 Å². The number of hydrogen-bond acceptors (Lipinski definition) is 3. The minimum atomic E-state index is -0.0177. The number of carbonyl (C=O) groups is 1. The second-order valence-corrected chi connectivity index (χ2v) is 7.24. The Morgan fingerprint density at radius 3 is 1.96 bits per heavy atom. The lowest BCUT2D eigenvalue weighted by molar-refractivity contribution is -0.117. The molecular weight excluding hydrogens is 352 g/mol. The predicted octanol–water partition coefficient (Wildman–Crippen LogP) is 5.07. The number of hydrogen-bond donors (Lipinski definition) is 1. The van der Waals surface area contributed by atoms with Crippen molar-refractivity contribution in [2.45, 2.75) is 10.9 Å². The van der Waals surface area contributed by atoms with Gasteiger partial charge in [-0.3, -0.25) is 9.69 Å². The third-order valence-electron chi connectivity index (χ3n) is 4.45. The van der Waals surface area contributed by atoms with E-state index in [0.29, 0.717) is 6.54 Å². The molecule has 0 radical (unpaired) electrons. The van der Waals surface area contributed by atoms with Gasteiger partial charge in [0.05, 0.1) is 18.3 Å². The van der Waals surface area contributed by atoms with Gasteiger partial charge in [0, 0.05) is 4.90 Å². The summed E-state index contributed by atoms with van der Waals surface area (Å²) >= 11 is 1.63. The molecule has 0 aliphatic heterocycles. The molecule has 0 saturated heterocycles. The molecule has 0 atom stereocenters. The fraction of sp³-hybridized carbons (Fsp3) is 0.174. The van der Waals surface area contributed by atoms with Gasteiger partial charge in [-0.05, 0) is 36.6 Å². The van der Waals surface area contributed by atoms with Crippen LogP contribution < -0.4 is 5.32 Å². The number of nitrogens with zero attached hydrogens (tertiary/aromatic N) is 1. The highest BCUT2D eigenvalue weighted by molar-refractivity contribution is 7.98. The number of rotatable bonds is 7. The van der Waals surface area contributed by atoms with Crippen molar-refractivity contribution in [3.8, 4) is 0 Å². The average Bonchev–Trinajstić information content (AvgIpc) is 2.70. The smallest absolute Gasteiger partial charge is 0.238 e. The molecule has 1 amide bonds. The summed E-state index contributed by atoms with van der Waals surface area (Å²) in [6, 6.07) is 28.5. The molecule has 4 heteroatoms. The fourth-order valence-corrected chi connectivity index (χ4v) is 3.78. The van der Waals surface area contributed by atoms with Crippen molar-refractivity contribution in [3.63, 3.8) is 0 Å². The molecule has 3 aromatic carbocycles. The first-order valence-electron chi connectivity index (χ1n) is 8.92. The third-order valence-corrected chi connectivity index (χ3v) is 5.24. The molecule has 3 nitrogen and oxygen atoms in total. The van der Waals surface area contributed by atoms with Gasteiger partial charge in [0.1, 0.15) is 0 Å². The van der Waals surface area contributed by atoms with Crippen molar-refractivity contribution >= 4 is 23.4 Å². The highest BCUT2D eigenvalue weighted by Crippen LogP contribution is 2.28. The largest absolute Gasteiger partial charge is 0.324 e. The van der Waals surface area contributed by atoms with Crippen molar-refractivity contribution in [2.24, 2.45) is 0 Å². The van der Waals surface area contributed by atoms with Gasteiger partial charge in [0.2, 0.25) is 5.91 Å². The highest BCUT2D eigenvalue weighted by atomic mass is 32.2. The third kappa shape index (κ3) is 5.00. The molecule has 0 aliphatic rings. The maximum atomic E-state index is 12.7. The van der Waals surface area contributed by atoms with Gasteiger partial charge in [0.15, 0.2) is 0 Å². The summed E-state index contributed by atoms with van der Waals surface area (Å²) in [6.07, 6.45) is 2.01. The lowest BCUT2D eigenvalue weighted by Crippen LogP contribution is -2.34. The number of thioether (sulfide) groups is 1. The van der Waals surface area contributed by atoms with Crippen LogP contribution in [0.1, 0.15) is 17.2 Å². The van der Waals surface area contributed by atoms with E-state index >= 15 is 0 Å². The van der Waals surface area contributed by atoms with Crippen LogP contribution in [0.15, 0.2) is 89.8 Å². The van der Waals surface area contributed by atoms with Crippen LogP contribution in [0.25, 0.3) is 0 Å². The molecule has 27 heavy (non-hydrogen) atoms. The zero-order valence-corrected chi connectivity index (χ0v) is 16.4. The lowest BCUT2D eigenvalue weighted by Gasteiger charge is -2.28. The monoisotopic (exact) mass is 376 g/mol. The van der Waals surface area contributed by atoms with E-state index in [-0.39, 0.29) is 11.9 Å². The Labute approximate surface area is 165 Å². The first-order valence-corrected chi connectivity index (χ1v) is 10.1. The Morgan fingerprint density at radius 1 is 0.889 bits per heavy atom. The molecule has 0 aromatic heterocycles. The number of benzene rings is 3. The summed E-state index contributed by atoms with van der Waals surface area (Å²) in [5.41, 5.74) is 3.20. The first-order chi connectivity index (χ1) is 13.2. The van der Waals surface area contributed by atoms with Gasteiger partial charge in [-0.1, -0.05) is 72.8 Å². The van der Waals surface area contributed by atoms with E-state index in [4.69, 9.17) is 0 Å². The van der Waals surface area contributed by atoms with Crippen molar-refractivity contribution in [1.29, 1.82) is 0 Å². The van der Waals surface area contributed by atoms with Crippen molar-refractivity contribution < 1.29 is 4.79 Å². The molecule has 0 unspecified atom stereocenters. The molecule has 0 spiro atoms. The summed E-state index contributed by atoms with van der Waals surface area (Å²) in [4.78, 5) is 15.8. The fourth-order valence-electron chi connectivity index (χ4n) is 3.23. The molecule has 0 heterocycles. The van der Waals surface area contributed by atoms with Crippen LogP contribution in [0.2, 0.25) is 0 Å². The van der Waals surface area contributed by atoms with Gasteiger partial charge < -0.3 is 5.32 Å². The highest BCUT2D eigenvalue weighted by Gasteiger charge is 2.21. The molecule has 0 bridgehead atoms. The number of carbonyl (C=O) groups excluding carboxylic acids is 1.